The van der Waals surface area contributed by atoms with Crippen LogP contribution >= 0.6 is 0 Å². The monoisotopic (exact) mass is 283 g/mol. The van der Waals surface area contributed by atoms with Gasteiger partial charge in [0.05, 0.1) is 5.69 Å². The Morgan fingerprint density at radius 3 is 2.33 bits per heavy atom. The van der Waals surface area contributed by atoms with Crippen LogP contribution in [0.3, 0.4) is 0 Å². The second kappa shape index (κ2) is 6.53. The fourth-order valence-electron chi connectivity index (χ4n) is 2.30. The number of hydrogen-bond donors (Lipinski definition) is 1. The van der Waals surface area contributed by atoms with Gasteiger partial charge >= 0.3 is 5.97 Å². The molecule has 2 rings (SSSR count). The molecule has 0 atom stereocenters. The first-order valence-corrected chi connectivity index (χ1v) is 7.26. The number of pyridine rings is 1. The fraction of sp³-hybridized carbons (Fsp3) is 0.333. The molecule has 0 unspecified atom stereocenters. The largest absolute Gasteiger partial charge is 0.481 e. The number of rotatable bonds is 5. The van der Waals surface area contributed by atoms with Crippen molar-refractivity contribution in [3.05, 3.63) is 53.2 Å². The normalized spacial score (nSPS) is 10.9. The number of aliphatic carboxylic acids is 1. The number of benzene rings is 1. The first-order valence-electron chi connectivity index (χ1n) is 7.26. The summed E-state index contributed by atoms with van der Waals surface area (Å²) in [6, 6.07) is 12.4. The number of aromatic nitrogens is 1. The molecule has 1 heterocycles. The number of nitrogens with zero attached hydrogens (tertiary/aromatic N) is 1. The number of carboxylic acid groups (broad SMARTS) is 1. The molecule has 110 valence electrons. The molecule has 0 bridgehead atoms. The Bertz CT molecular complexity index is 630. The summed E-state index contributed by atoms with van der Waals surface area (Å²) in [5.74, 6) is -0.255. The highest BCUT2D eigenvalue weighted by atomic mass is 16.4. The van der Waals surface area contributed by atoms with E-state index in [2.05, 4.69) is 43.1 Å². The molecule has 0 aliphatic rings. The van der Waals surface area contributed by atoms with Crippen LogP contribution in [0.2, 0.25) is 0 Å². The molecule has 0 aliphatic carbocycles. The van der Waals surface area contributed by atoms with Crippen molar-refractivity contribution < 1.29 is 9.90 Å². The average molecular weight is 283 g/mol. The van der Waals surface area contributed by atoms with E-state index in [-0.39, 0.29) is 6.42 Å². The summed E-state index contributed by atoms with van der Waals surface area (Å²) in [6.45, 7) is 6.28. The first kappa shape index (κ1) is 15.2. The molecule has 0 aliphatic heterocycles. The van der Waals surface area contributed by atoms with Crippen LogP contribution in [0.1, 0.15) is 43.0 Å². The van der Waals surface area contributed by atoms with Crippen LogP contribution < -0.4 is 0 Å². The highest BCUT2D eigenvalue weighted by Gasteiger charge is 2.07. The molecule has 3 heteroatoms. The maximum Gasteiger partial charge on any atom is 0.303 e. The van der Waals surface area contributed by atoms with Gasteiger partial charge in [-0.15, -0.1) is 0 Å². The zero-order chi connectivity index (χ0) is 15.4. The number of carbonyl (C=O) groups is 1. The first-order chi connectivity index (χ1) is 9.97. The highest BCUT2D eigenvalue weighted by Crippen LogP contribution is 2.22. The van der Waals surface area contributed by atoms with Crippen LogP contribution in [0.5, 0.6) is 0 Å². The SMILES string of the molecule is Cc1nc(-c2ccc(C(C)C)cc2)ccc1CCC(=O)O. The standard InChI is InChI=1S/C18H21NO2/c1-12(2)14-4-6-16(7-5-14)17-10-8-15(13(3)19-17)9-11-18(20)21/h4-8,10,12H,9,11H2,1-3H3,(H,20,21). The number of hydrogen-bond acceptors (Lipinski definition) is 2. The maximum atomic E-state index is 10.6. The van der Waals surface area contributed by atoms with Gasteiger partial charge in [-0.25, -0.2) is 0 Å². The van der Waals surface area contributed by atoms with E-state index in [1.807, 2.05) is 19.1 Å². The second-order valence-electron chi connectivity index (χ2n) is 5.61. The third-order valence-corrected chi connectivity index (χ3v) is 3.68. The Kier molecular flexibility index (Phi) is 4.73. The molecule has 0 fully saturated rings. The van der Waals surface area contributed by atoms with Crippen LogP contribution in [0.25, 0.3) is 11.3 Å². The third kappa shape index (κ3) is 3.91. The lowest BCUT2D eigenvalue weighted by Crippen LogP contribution is -2.00. The Hall–Kier alpha value is -2.16. The Balaban J connectivity index is 2.21. The van der Waals surface area contributed by atoms with Crippen LogP contribution in [0.15, 0.2) is 36.4 Å². The maximum absolute atomic E-state index is 10.6. The Morgan fingerprint density at radius 2 is 1.81 bits per heavy atom. The lowest BCUT2D eigenvalue weighted by molar-refractivity contribution is -0.136. The highest BCUT2D eigenvalue weighted by molar-refractivity contribution is 5.67. The van der Waals surface area contributed by atoms with Crippen LogP contribution in [0, 0.1) is 6.92 Å². The van der Waals surface area contributed by atoms with Gasteiger partial charge in [0.15, 0.2) is 0 Å². The summed E-state index contributed by atoms with van der Waals surface area (Å²) in [4.78, 5) is 15.2. The summed E-state index contributed by atoms with van der Waals surface area (Å²) in [5.41, 5.74) is 5.24. The molecular weight excluding hydrogens is 262 g/mol. The van der Waals surface area contributed by atoms with Gasteiger partial charge in [-0.1, -0.05) is 44.2 Å². The van der Waals surface area contributed by atoms with E-state index in [4.69, 9.17) is 5.11 Å². The average Bonchev–Trinajstić information content (AvgIpc) is 2.46. The molecule has 2 aromatic rings. The Labute approximate surface area is 125 Å². The van der Waals surface area contributed by atoms with Crippen molar-refractivity contribution >= 4 is 5.97 Å². The zero-order valence-corrected chi connectivity index (χ0v) is 12.8. The number of aryl methyl sites for hydroxylation is 2. The smallest absolute Gasteiger partial charge is 0.303 e. The molecule has 21 heavy (non-hydrogen) atoms. The van der Waals surface area contributed by atoms with Crippen LogP contribution in [-0.4, -0.2) is 16.1 Å². The van der Waals surface area contributed by atoms with Gasteiger partial charge < -0.3 is 5.11 Å². The third-order valence-electron chi connectivity index (χ3n) is 3.68. The summed E-state index contributed by atoms with van der Waals surface area (Å²) in [5, 5.41) is 8.75. The second-order valence-corrected chi connectivity index (χ2v) is 5.61. The van der Waals surface area contributed by atoms with Crippen molar-refractivity contribution in [2.75, 3.05) is 0 Å². The van der Waals surface area contributed by atoms with Crippen molar-refractivity contribution in [1.82, 2.24) is 4.98 Å². The van der Waals surface area contributed by atoms with Gasteiger partial charge in [-0.3, -0.25) is 9.78 Å². The quantitative estimate of drug-likeness (QED) is 0.894. The predicted octanol–water partition coefficient (Wildman–Crippen LogP) is 4.20. The van der Waals surface area contributed by atoms with Gasteiger partial charge in [-0.2, -0.15) is 0 Å². The molecule has 1 aromatic carbocycles. The topological polar surface area (TPSA) is 50.2 Å². The molecule has 1 aromatic heterocycles. The van der Waals surface area contributed by atoms with Gasteiger partial charge in [-0.05, 0) is 36.5 Å². The van der Waals surface area contributed by atoms with E-state index < -0.39 is 5.97 Å². The minimum absolute atomic E-state index is 0.144. The summed E-state index contributed by atoms with van der Waals surface area (Å²) < 4.78 is 0. The van der Waals surface area contributed by atoms with Gasteiger partial charge in [0.1, 0.15) is 0 Å². The number of carboxylic acids is 1. The summed E-state index contributed by atoms with van der Waals surface area (Å²) in [7, 11) is 0. The summed E-state index contributed by atoms with van der Waals surface area (Å²) >= 11 is 0. The molecular formula is C18H21NO2. The van der Waals surface area contributed by atoms with E-state index in [1.165, 1.54) is 5.56 Å². The lowest BCUT2D eigenvalue weighted by Gasteiger charge is -2.09. The molecule has 0 saturated carbocycles. The van der Waals surface area contributed by atoms with Crippen molar-refractivity contribution in [2.24, 2.45) is 0 Å². The van der Waals surface area contributed by atoms with E-state index in [1.54, 1.807) is 0 Å². The molecule has 0 radical (unpaired) electrons. The van der Waals surface area contributed by atoms with E-state index in [0.29, 0.717) is 12.3 Å². The van der Waals surface area contributed by atoms with Crippen molar-refractivity contribution in [3.63, 3.8) is 0 Å². The van der Waals surface area contributed by atoms with Gasteiger partial charge in [0.25, 0.3) is 0 Å². The van der Waals surface area contributed by atoms with E-state index in [0.717, 1.165) is 22.5 Å². The van der Waals surface area contributed by atoms with E-state index >= 15 is 0 Å². The summed E-state index contributed by atoms with van der Waals surface area (Å²) in [6.07, 6.45) is 0.672. The minimum atomic E-state index is -0.775. The molecule has 0 saturated heterocycles. The molecule has 3 nitrogen and oxygen atoms in total. The predicted molar refractivity (Wildman–Crippen MR) is 84.5 cm³/mol. The Morgan fingerprint density at radius 1 is 1.14 bits per heavy atom. The molecule has 0 amide bonds. The fourth-order valence-corrected chi connectivity index (χ4v) is 2.30. The van der Waals surface area contributed by atoms with Crippen LogP contribution in [-0.2, 0) is 11.2 Å². The van der Waals surface area contributed by atoms with Crippen molar-refractivity contribution in [2.45, 2.75) is 39.5 Å². The molecule has 1 N–H and O–H groups in total. The minimum Gasteiger partial charge on any atom is -0.481 e. The van der Waals surface area contributed by atoms with Crippen LogP contribution in [0.4, 0.5) is 0 Å². The van der Waals surface area contributed by atoms with Gasteiger partial charge in [0, 0.05) is 17.7 Å². The van der Waals surface area contributed by atoms with E-state index in [9.17, 15) is 4.79 Å². The molecule has 0 spiro atoms. The van der Waals surface area contributed by atoms with Gasteiger partial charge in [0.2, 0.25) is 0 Å². The van der Waals surface area contributed by atoms with Crippen molar-refractivity contribution in [3.8, 4) is 11.3 Å². The zero-order valence-electron chi connectivity index (χ0n) is 12.8. The lowest BCUT2D eigenvalue weighted by atomic mass is 10.00. The van der Waals surface area contributed by atoms with Crippen molar-refractivity contribution in [1.29, 1.82) is 0 Å².